The van der Waals surface area contributed by atoms with Gasteiger partial charge in [0.15, 0.2) is 11.6 Å². The topological polar surface area (TPSA) is 84.0 Å². The molecule has 6 nitrogen and oxygen atoms in total. The molecule has 0 saturated carbocycles. The normalized spacial score (nSPS) is 11.5. The lowest BCUT2D eigenvalue weighted by molar-refractivity contribution is 0.601. The Bertz CT molecular complexity index is 1020. The van der Waals surface area contributed by atoms with Gasteiger partial charge in [-0.2, -0.15) is 0 Å². The summed E-state index contributed by atoms with van der Waals surface area (Å²) in [6, 6.07) is 13.4. The fourth-order valence-corrected chi connectivity index (χ4v) is 3.71. The summed E-state index contributed by atoms with van der Waals surface area (Å²) in [5.41, 5.74) is 1.30. The maximum atomic E-state index is 12.7. The fourth-order valence-electron chi connectivity index (χ4n) is 2.40. The SMILES string of the molecule is CCCCNc1nc2ccccc2nc1NS(=O)(=O)c1cccc(Cl)c1. The van der Waals surface area contributed by atoms with Crippen LogP contribution in [0.5, 0.6) is 0 Å². The van der Waals surface area contributed by atoms with Crippen LogP contribution in [-0.4, -0.2) is 24.9 Å². The number of benzene rings is 2. The van der Waals surface area contributed by atoms with Crippen molar-refractivity contribution in [3.05, 3.63) is 53.6 Å². The summed E-state index contributed by atoms with van der Waals surface area (Å²) < 4.78 is 27.9. The van der Waals surface area contributed by atoms with Crippen LogP contribution in [0.15, 0.2) is 53.4 Å². The van der Waals surface area contributed by atoms with E-state index in [1.165, 1.54) is 12.1 Å². The van der Waals surface area contributed by atoms with E-state index in [2.05, 4.69) is 26.9 Å². The van der Waals surface area contributed by atoms with Gasteiger partial charge in [-0.3, -0.25) is 4.72 Å². The number of rotatable bonds is 7. The van der Waals surface area contributed by atoms with E-state index in [1.54, 1.807) is 18.2 Å². The molecule has 0 saturated heterocycles. The van der Waals surface area contributed by atoms with Crippen LogP contribution in [0, 0.1) is 0 Å². The minimum absolute atomic E-state index is 0.0690. The molecule has 0 unspecified atom stereocenters. The number of aromatic nitrogens is 2. The number of sulfonamides is 1. The van der Waals surface area contributed by atoms with E-state index in [0.29, 0.717) is 28.4 Å². The summed E-state index contributed by atoms with van der Waals surface area (Å²) in [7, 11) is -3.83. The molecule has 0 atom stereocenters. The van der Waals surface area contributed by atoms with Gasteiger partial charge in [0.2, 0.25) is 0 Å². The molecule has 2 N–H and O–H groups in total. The first-order valence-corrected chi connectivity index (χ1v) is 10.1. The average molecular weight is 391 g/mol. The molecule has 0 bridgehead atoms. The summed E-state index contributed by atoms with van der Waals surface area (Å²) in [6.45, 7) is 2.76. The summed E-state index contributed by atoms with van der Waals surface area (Å²) in [5, 5.41) is 3.51. The largest absolute Gasteiger partial charge is 0.367 e. The van der Waals surface area contributed by atoms with Crippen molar-refractivity contribution in [2.75, 3.05) is 16.6 Å². The van der Waals surface area contributed by atoms with Crippen LogP contribution in [0.25, 0.3) is 11.0 Å². The van der Waals surface area contributed by atoms with Gasteiger partial charge in [0, 0.05) is 11.6 Å². The van der Waals surface area contributed by atoms with Gasteiger partial charge in [0.25, 0.3) is 10.0 Å². The Kier molecular flexibility index (Phi) is 5.58. The van der Waals surface area contributed by atoms with Gasteiger partial charge in [-0.15, -0.1) is 0 Å². The monoisotopic (exact) mass is 390 g/mol. The Morgan fingerprint density at radius 3 is 2.35 bits per heavy atom. The molecule has 0 fully saturated rings. The molecule has 8 heteroatoms. The number of para-hydroxylation sites is 2. The highest BCUT2D eigenvalue weighted by Gasteiger charge is 2.19. The lowest BCUT2D eigenvalue weighted by Gasteiger charge is -2.13. The van der Waals surface area contributed by atoms with E-state index < -0.39 is 10.0 Å². The Balaban J connectivity index is 2.00. The van der Waals surface area contributed by atoms with E-state index >= 15 is 0 Å². The van der Waals surface area contributed by atoms with Crippen LogP contribution >= 0.6 is 11.6 Å². The van der Waals surface area contributed by atoms with Crippen molar-refractivity contribution in [2.24, 2.45) is 0 Å². The summed E-state index contributed by atoms with van der Waals surface area (Å²) in [6.07, 6.45) is 1.95. The third-order valence-electron chi connectivity index (χ3n) is 3.73. The van der Waals surface area contributed by atoms with Gasteiger partial charge in [0.05, 0.1) is 15.9 Å². The van der Waals surface area contributed by atoms with Crippen molar-refractivity contribution < 1.29 is 8.42 Å². The van der Waals surface area contributed by atoms with E-state index in [9.17, 15) is 8.42 Å². The smallest absolute Gasteiger partial charge is 0.263 e. The van der Waals surface area contributed by atoms with E-state index in [0.717, 1.165) is 12.8 Å². The first-order valence-electron chi connectivity index (χ1n) is 8.28. The lowest BCUT2D eigenvalue weighted by Crippen LogP contribution is -2.17. The second kappa shape index (κ2) is 7.88. The third kappa shape index (κ3) is 4.23. The molecule has 2 aromatic carbocycles. The number of hydrogen-bond donors (Lipinski definition) is 2. The summed E-state index contributed by atoms with van der Waals surface area (Å²) in [5.74, 6) is 0.572. The first-order chi connectivity index (χ1) is 12.5. The van der Waals surface area contributed by atoms with Crippen LogP contribution in [-0.2, 0) is 10.0 Å². The van der Waals surface area contributed by atoms with Crippen molar-refractivity contribution in [1.82, 2.24) is 9.97 Å². The molecule has 3 rings (SSSR count). The van der Waals surface area contributed by atoms with Crippen LogP contribution < -0.4 is 10.0 Å². The Labute approximate surface area is 157 Å². The average Bonchev–Trinajstić information content (AvgIpc) is 2.62. The van der Waals surface area contributed by atoms with Gasteiger partial charge in [-0.1, -0.05) is 43.1 Å². The molecule has 1 aromatic heterocycles. The molecule has 0 amide bonds. The number of nitrogens with zero attached hydrogens (tertiary/aromatic N) is 2. The number of halogens is 1. The molecule has 0 aliphatic rings. The maximum absolute atomic E-state index is 12.7. The van der Waals surface area contributed by atoms with Gasteiger partial charge in [-0.05, 0) is 36.8 Å². The highest BCUT2D eigenvalue weighted by molar-refractivity contribution is 7.92. The van der Waals surface area contributed by atoms with Crippen molar-refractivity contribution in [3.8, 4) is 0 Å². The van der Waals surface area contributed by atoms with Crippen molar-refractivity contribution >= 4 is 44.3 Å². The number of nitrogens with one attached hydrogen (secondary N) is 2. The van der Waals surface area contributed by atoms with Gasteiger partial charge < -0.3 is 5.32 Å². The van der Waals surface area contributed by atoms with Gasteiger partial charge in [0.1, 0.15) is 0 Å². The maximum Gasteiger partial charge on any atom is 0.263 e. The minimum atomic E-state index is -3.83. The van der Waals surface area contributed by atoms with Crippen LogP contribution in [0.3, 0.4) is 0 Å². The molecule has 0 spiro atoms. The highest BCUT2D eigenvalue weighted by Crippen LogP contribution is 2.25. The third-order valence-corrected chi connectivity index (χ3v) is 5.30. The molecule has 3 aromatic rings. The molecule has 0 aliphatic heterocycles. The van der Waals surface area contributed by atoms with Crippen molar-refractivity contribution in [3.63, 3.8) is 0 Å². The van der Waals surface area contributed by atoms with Crippen LogP contribution in [0.4, 0.5) is 11.6 Å². The van der Waals surface area contributed by atoms with Crippen molar-refractivity contribution in [2.45, 2.75) is 24.7 Å². The summed E-state index contributed by atoms with van der Waals surface area (Å²) in [4.78, 5) is 9.02. The second-order valence-corrected chi connectivity index (χ2v) is 7.87. The number of unbranched alkanes of at least 4 members (excludes halogenated alkanes) is 1. The molecular weight excluding hydrogens is 372 g/mol. The molecular formula is C18H19ClN4O2S. The van der Waals surface area contributed by atoms with E-state index in [4.69, 9.17) is 11.6 Å². The second-order valence-electron chi connectivity index (χ2n) is 5.75. The van der Waals surface area contributed by atoms with E-state index in [1.807, 2.05) is 18.2 Å². The zero-order valence-corrected chi connectivity index (χ0v) is 15.8. The predicted molar refractivity (Wildman–Crippen MR) is 105 cm³/mol. The molecule has 136 valence electrons. The molecule has 0 aliphatic carbocycles. The molecule has 1 heterocycles. The minimum Gasteiger partial charge on any atom is -0.367 e. The van der Waals surface area contributed by atoms with Crippen LogP contribution in [0.2, 0.25) is 5.02 Å². The lowest BCUT2D eigenvalue weighted by atomic mass is 10.3. The Morgan fingerprint density at radius 1 is 1.00 bits per heavy atom. The Hall–Kier alpha value is -2.38. The highest BCUT2D eigenvalue weighted by atomic mass is 35.5. The van der Waals surface area contributed by atoms with Crippen molar-refractivity contribution in [1.29, 1.82) is 0 Å². The van der Waals surface area contributed by atoms with E-state index in [-0.39, 0.29) is 10.7 Å². The Morgan fingerprint density at radius 2 is 1.69 bits per heavy atom. The van der Waals surface area contributed by atoms with Gasteiger partial charge in [-0.25, -0.2) is 18.4 Å². The van der Waals surface area contributed by atoms with Gasteiger partial charge >= 0.3 is 0 Å². The standard InChI is InChI=1S/C18H19ClN4O2S/c1-2-3-11-20-17-18(22-16-10-5-4-9-15(16)21-17)23-26(24,25)14-8-6-7-13(19)12-14/h4-10,12H,2-3,11H2,1H3,(H,20,21)(H,22,23). The fraction of sp³-hybridized carbons (Fsp3) is 0.222. The quantitative estimate of drug-likeness (QED) is 0.587. The number of hydrogen-bond acceptors (Lipinski definition) is 5. The molecule has 0 radical (unpaired) electrons. The predicted octanol–water partition coefficient (Wildman–Crippen LogP) is 4.30. The number of fused-ring (bicyclic) bond motifs is 1. The number of anilines is 2. The summed E-state index contributed by atoms with van der Waals surface area (Å²) >= 11 is 5.92. The molecule has 26 heavy (non-hydrogen) atoms. The zero-order chi connectivity index (χ0) is 18.6. The van der Waals surface area contributed by atoms with Crippen LogP contribution in [0.1, 0.15) is 19.8 Å². The zero-order valence-electron chi connectivity index (χ0n) is 14.2. The first kappa shape index (κ1) is 18.4.